The maximum absolute atomic E-state index is 12.1. The summed E-state index contributed by atoms with van der Waals surface area (Å²) in [5, 5.41) is 6.63. The zero-order valence-corrected chi connectivity index (χ0v) is 12.2. The SMILES string of the molecule is NCc1cn[nH]c1S(=O)(=O)NCC1CSCCS1. The lowest BCUT2D eigenvalue weighted by molar-refractivity contribution is 0.576. The van der Waals surface area contributed by atoms with Crippen molar-refractivity contribution in [1.29, 1.82) is 0 Å². The van der Waals surface area contributed by atoms with Gasteiger partial charge in [-0.3, -0.25) is 5.10 Å². The highest BCUT2D eigenvalue weighted by molar-refractivity contribution is 8.06. The Labute approximate surface area is 115 Å². The Bertz CT molecular complexity index is 482. The zero-order chi connectivity index (χ0) is 13.0. The molecule has 2 heterocycles. The molecule has 0 amide bonds. The average Bonchev–Trinajstić information content (AvgIpc) is 2.87. The van der Waals surface area contributed by atoms with Gasteiger partial charge >= 0.3 is 0 Å². The lowest BCUT2D eigenvalue weighted by Crippen LogP contribution is -2.34. The molecule has 4 N–H and O–H groups in total. The van der Waals surface area contributed by atoms with E-state index in [9.17, 15) is 8.42 Å². The summed E-state index contributed by atoms with van der Waals surface area (Å²) in [5.74, 6) is 3.21. The van der Waals surface area contributed by atoms with Crippen molar-refractivity contribution < 1.29 is 8.42 Å². The molecule has 0 saturated carbocycles. The lowest BCUT2D eigenvalue weighted by atomic mass is 10.4. The Hall–Kier alpha value is -0.220. The molecule has 1 aliphatic rings. The Balaban J connectivity index is 1.99. The van der Waals surface area contributed by atoms with E-state index < -0.39 is 10.0 Å². The number of rotatable bonds is 5. The van der Waals surface area contributed by atoms with Crippen LogP contribution in [0, 0.1) is 0 Å². The number of sulfonamides is 1. The summed E-state index contributed by atoms with van der Waals surface area (Å²) in [7, 11) is -3.53. The second-order valence-electron chi connectivity index (χ2n) is 3.85. The summed E-state index contributed by atoms with van der Waals surface area (Å²) in [6, 6.07) is 0. The summed E-state index contributed by atoms with van der Waals surface area (Å²) in [5.41, 5.74) is 5.98. The molecule has 0 spiro atoms. The molecule has 1 saturated heterocycles. The van der Waals surface area contributed by atoms with Crippen LogP contribution in [0.5, 0.6) is 0 Å². The zero-order valence-electron chi connectivity index (χ0n) is 9.76. The Morgan fingerprint density at radius 1 is 1.56 bits per heavy atom. The number of thioether (sulfide) groups is 2. The van der Waals surface area contributed by atoms with Crippen LogP contribution in [0.15, 0.2) is 11.2 Å². The van der Waals surface area contributed by atoms with Crippen LogP contribution in [0.4, 0.5) is 0 Å². The lowest BCUT2D eigenvalue weighted by Gasteiger charge is -2.20. The van der Waals surface area contributed by atoms with Gasteiger partial charge in [-0.05, 0) is 0 Å². The fourth-order valence-electron chi connectivity index (χ4n) is 1.61. The molecule has 1 aromatic heterocycles. The van der Waals surface area contributed by atoms with Gasteiger partial charge in [0.1, 0.15) is 0 Å². The van der Waals surface area contributed by atoms with Crippen LogP contribution >= 0.6 is 23.5 Å². The van der Waals surface area contributed by atoms with Crippen molar-refractivity contribution in [2.24, 2.45) is 5.73 Å². The van der Waals surface area contributed by atoms with E-state index in [0.29, 0.717) is 17.4 Å². The number of hydrogen-bond acceptors (Lipinski definition) is 6. The van der Waals surface area contributed by atoms with Crippen molar-refractivity contribution in [2.45, 2.75) is 16.8 Å². The van der Waals surface area contributed by atoms with Crippen LogP contribution in [-0.2, 0) is 16.6 Å². The molecule has 1 fully saturated rings. The summed E-state index contributed by atoms with van der Waals surface area (Å²) in [6.07, 6.45) is 1.44. The number of hydrogen-bond donors (Lipinski definition) is 3. The number of nitrogens with zero attached hydrogens (tertiary/aromatic N) is 1. The summed E-state index contributed by atoms with van der Waals surface area (Å²) >= 11 is 3.68. The van der Waals surface area contributed by atoms with E-state index in [2.05, 4.69) is 14.9 Å². The summed E-state index contributed by atoms with van der Waals surface area (Å²) in [6.45, 7) is 0.601. The quantitative estimate of drug-likeness (QED) is 0.707. The van der Waals surface area contributed by atoms with Gasteiger partial charge in [0, 0.05) is 41.2 Å². The molecule has 9 heteroatoms. The third-order valence-corrected chi connectivity index (χ3v) is 6.84. The first-order valence-corrected chi connectivity index (χ1v) is 9.23. The molecule has 2 rings (SSSR count). The van der Waals surface area contributed by atoms with E-state index in [-0.39, 0.29) is 11.6 Å². The van der Waals surface area contributed by atoms with E-state index in [4.69, 9.17) is 5.73 Å². The molecule has 0 aromatic carbocycles. The third kappa shape index (κ3) is 3.41. The van der Waals surface area contributed by atoms with Gasteiger partial charge in [-0.2, -0.15) is 28.6 Å². The van der Waals surface area contributed by atoms with Crippen molar-refractivity contribution in [1.82, 2.24) is 14.9 Å². The van der Waals surface area contributed by atoms with Crippen molar-refractivity contribution >= 4 is 33.5 Å². The molecule has 0 radical (unpaired) electrons. The first kappa shape index (κ1) is 14.2. The number of nitrogens with one attached hydrogen (secondary N) is 2. The van der Waals surface area contributed by atoms with E-state index in [0.717, 1.165) is 17.3 Å². The summed E-state index contributed by atoms with van der Waals surface area (Å²) < 4.78 is 26.7. The Morgan fingerprint density at radius 2 is 2.39 bits per heavy atom. The molecule has 0 bridgehead atoms. The molecule has 18 heavy (non-hydrogen) atoms. The first-order chi connectivity index (χ1) is 8.63. The van der Waals surface area contributed by atoms with Crippen molar-refractivity contribution in [3.8, 4) is 0 Å². The molecule has 1 atom stereocenters. The van der Waals surface area contributed by atoms with Crippen LogP contribution in [0.1, 0.15) is 5.56 Å². The Kier molecular flexibility index (Phi) is 4.96. The molecule has 6 nitrogen and oxygen atoms in total. The average molecular weight is 308 g/mol. The first-order valence-electron chi connectivity index (χ1n) is 5.55. The second-order valence-corrected chi connectivity index (χ2v) is 8.11. The van der Waals surface area contributed by atoms with Crippen molar-refractivity contribution in [3.63, 3.8) is 0 Å². The predicted octanol–water partition coefficient (Wildman–Crippen LogP) is -0.00470. The van der Waals surface area contributed by atoms with Gasteiger partial charge in [0.05, 0.1) is 6.20 Å². The minimum Gasteiger partial charge on any atom is -0.326 e. The molecule has 0 aliphatic carbocycles. The van der Waals surface area contributed by atoms with Crippen LogP contribution < -0.4 is 10.5 Å². The van der Waals surface area contributed by atoms with Gasteiger partial charge in [0.2, 0.25) is 0 Å². The van der Waals surface area contributed by atoms with Crippen LogP contribution in [0.2, 0.25) is 0 Å². The van der Waals surface area contributed by atoms with Gasteiger partial charge < -0.3 is 5.73 Å². The minimum absolute atomic E-state index is 0.0819. The van der Waals surface area contributed by atoms with Crippen LogP contribution in [0.25, 0.3) is 0 Å². The highest BCUT2D eigenvalue weighted by Crippen LogP contribution is 2.23. The topological polar surface area (TPSA) is 101 Å². The molecule has 1 aliphatic heterocycles. The van der Waals surface area contributed by atoms with Crippen LogP contribution in [-0.4, -0.2) is 47.7 Å². The van der Waals surface area contributed by atoms with E-state index in [1.807, 2.05) is 23.5 Å². The maximum Gasteiger partial charge on any atom is 0.257 e. The Morgan fingerprint density at radius 3 is 3.06 bits per heavy atom. The smallest absolute Gasteiger partial charge is 0.257 e. The minimum atomic E-state index is -3.53. The number of nitrogens with two attached hydrogens (primary N) is 1. The maximum atomic E-state index is 12.1. The molecule has 1 unspecified atom stereocenters. The van der Waals surface area contributed by atoms with Crippen molar-refractivity contribution in [3.05, 3.63) is 11.8 Å². The van der Waals surface area contributed by atoms with Crippen molar-refractivity contribution in [2.75, 3.05) is 23.8 Å². The monoisotopic (exact) mass is 308 g/mol. The van der Waals surface area contributed by atoms with Gasteiger partial charge in [0.15, 0.2) is 5.03 Å². The fraction of sp³-hybridized carbons (Fsp3) is 0.667. The largest absolute Gasteiger partial charge is 0.326 e. The standard InChI is InChI=1S/C9H16N4O2S3/c10-3-7-4-11-13-9(7)18(14,15)12-5-8-6-16-1-2-17-8/h4,8,12H,1-3,5-6,10H2,(H,11,13). The van der Waals surface area contributed by atoms with Gasteiger partial charge in [0.25, 0.3) is 10.0 Å². The van der Waals surface area contributed by atoms with Crippen LogP contribution in [0.3, 0.4) is 0 Å². The third-order valence-electron chi connectivity index (χ3n) is 2.55. The fourth-order valence-corrected chi connectivity index (χ4v) is 5.54. The molecular formula is C9H16N4O2S3. The number of aromatic nitrogens is 2. The van der Waals surface area contributed by atoms with Gasteiger partial charge in [-0.25, -0.2) is 13.1 Å². The normalized spacial score (nSPS) is 21.1. The summed E-state index contributed by atoms with van der Waals surface area (Å²) in [4.78, 5) is 0. The van der Waals surface area contributed by atoms with E-state index >= 15 is 0 Å². The predicted molar refractivity (Wildman–Crippen MR) is 75.2 cm³/mol. The second kappa shape index (κ2) is 6.29. The van der Waals surface area contributed by atoms with Gasteiger partial charge in [-0.1, -0.05) is 0 Å². The molecular weight excluding hydrogens is 292 g/mol. The van der Waals surface area contributed by atoms with Gasteiger partial charge in [-0.15, -0.1) is 0 Å². The number of aromatic amines is 1. The number of H-pyrrole nitrogens is 1. The highest BCUT2D eigenvalue weighted by Gasteiger charge is 2.22. The highest BCUT2D eigenvalue weighted by atomic mass is 32.2. The van der Waals surface area contributed by atoms with E-state index in [1.165, 1.54) is 6.20 Å². The van der Waals surface area contributed by atoms with E-state index in [1.54, 1.807) is 0 Å². The molecule has 102 valence electrons. The molecule has 1 aromatic rings.